The van der Waals surface area contributed by atoms with E-state index in [9.17, 15) is 30.0 Å². The molecule has 6 atom stereocenters. The van der Waals surface area contributed by atoms with Crippen LogP contribution in [0.2, 0.25) is 0 Å². The monoisotopic (exact) mass is 797 g/mol. The summed E-state index contributed by atoms with van der Waals surface area (Å²) >= 11 is 0. The molecule has 10 heteroatoms. The van der Waals surface area contributed by atoms with E-state index in [0.717, 1.165) is 38.5 Å². The Hall–Kier alpha value is -1.82. The van der Waals surface area contributed by atoms with Crippen molar-refractivity contribution < 1.29 is 49.0 Å². The molecule has 0 aromatic rings. The molecule has 0 aromatic heterocycles. The highest BCUT2D eigenvalue weighted by atomic mass is 16.7. The minimum absolute atomic E-state index is 0.214. The summed E-state index contributed by atoms with van der Waals surface area (Å²) < 4.78 is 22.1. The molecule has 0 radical (unpaired) electrons. The number of ether oxygens (including phenoxy) is 4. The maximum absolute atomic E-state index is 12.8. The lowest BCUT2D eigenvalue weighted by Gasteiger charge is -2.39. The van der Waals surface area contributed by atoms with Gasteiger partial charge in [0.1, 0.15) is 31.0 Å². The SMILES string of the molecule is CCCCCCCCCCC/C=C/C/C=C/CCCC(=O)OC[C@@H](CO[C@H]1O[C@@H](CO)[C@@H](O)C(O)C1O)OC(=O)CCCCCCCCCCCCCCCC. The van der Waals surface area contributed by atoms with Gasteiger partial charge in [-0.05, 0) is 38.5 Å². The Morgan fingerprint density at radius 2 is 1.02 bits per heavy atom. The first kappa shape index (κ1) is 52.2. The lowest BCUT2D eigenvalue weighted by molar-refractivity contribution is -0.305. The van der Waals surface area contributed by atoms with Crippen molar-refractivity contribution in [2.24, 2.45) is 0 Å². The van der Waals surface area contributed by atoms with Crippen LogP contribution in [-0.2, 0) is 28.5 Å². The zero-order valence-electron chi connectivity index (χ0n) is 35.6. The summed E-state index contributed by atoms with van der Waals surface area (Å²) in [6.07, 6.45) is 33.3. The van der Waals surface area contributed by atoms with Gasteiger partial charge >= 0.3 is 11.9 Å². The highest BCUT2D eigenvalue weighted by Gasteiger charge is 2.44. The van der Waals surface area contributed by atoms with Crippen molar-refractivity contribution in [3.8, 4) is 0 Å². The average Bonchev–Trinajstić information content (AvgIpc) is 3.19. The fourth-order valence-corrected chi connectivity index (χ4v) is 6.93. The second-order valence-corrected chi connectivity index (χ2v) is 15.9. The predicted octanol–water partition coefficient (Wildman–Crippen LogP) is 9.72. The summed E-state index contributed by atoms with van der Waals surface area (Å²) in [5.41, 5.74) is 0. The average molecular weight is 797 g/mol. The molecule has 1 saturated heterocycles. The van der Waals surface area contributed by atoms with E-state index in [1.54, 1.807) is 0 Å². The smallest absolute Gasteiger partial charge is 0.306 e. The molecule has 1 fully saturated rings. The van der Waals surface area contributed by atoms with E-state index in [1.165, 1.54) is 122 Å². The summed E-state index contributed by atoms with van der Waals surface area (Å²) in [5, 5.41) is 40.0. The molecule has 0 aliphatic carbocycles. The molecule has 0 aromatic carbocycles. The van der Waals surface area contributed by atoms with Crippen LogP contribution in [0.25, 0.3) is 0 Å². The van der Waals surface area contributed by atoms with Crippen molar-refractivity contribution in [3.05, 3.63) is 24.3 Å². The number of carbonyl (C=O) groups excluding carboxylic acids is 2. The quantitative estimate of drug-likeness (QED) is 0.0270. The number of hydrogen-bond donors (Lipinski definition) is 4. The van der Waals surface area contributed by atoms with Gasteiger partial charge in [-0.3, -0.25) is 9.59 Å². The molecule has 2 unspecified atom stereocenters. The van der Waals surface area contributed by atoms with Crippen LogP contribution < -0.4 is 0 Å². The highest BCUT2D eigenvalue weighted by Crippen LogP contribution is 2.23. The standard InChI is InChI=1S/C46H84O10/c1-3-5-7-9-11-13-15-17-19-20-21-23-24-26-28-30-32-34-41(48)53-37-39(38-54-46-45(52)44(51)43(50)40(36-47)56-46)55-42(49)35-33-31-29-27-25-22-18-16-14-12-10-8-6-4-2/h21,23,26,28,39-40,43-47,50-52H,3-20,22,24-25,27,29-38H2,1-2H3/b23-21+,28-26+/t39-,40-,43+,44?,45?,46-/m0/s1. The molecule has 56 heavy (non-hydrogen) atoms. The Labute approximate surface area is 341 Å². The van der Waals surface area contributed by atoms with Gasteiger partial charge in [0.25, 0.3) is 0 Å². The summed E-state index contributed by atoms with van der Waals surface area (Å²) in [5.74, 6) is -0.852. The zero-order valence-corrected chi connectivity index (χ0v) is 35.6. The maximum Gasteiger partial charge on any atom is 0.306 e. The third-order valence-electron chi connectivity index (χ3n) is 10.6. The number of aliphatic hydroxyl groups excluding tert-OH is 4. The first-order valence-electron chi connectivity index (χ1n) is 22.9. The summed E-state index contributed by atoms with van der Waals surface area (Å²) in [4.78, 5) is 25.3. The number of esters is 2. The molecule has 1 aliphatic heterocycles. The van der Waals surface area contributed by atoms with E-state index in [2.05, 4.69) is 38.2 Å². The van der Waals surface area contributed by atoms with Crippen LogP contribution in [0.15, 0.2) is 24.3 Å². The van der Waals surface area contributed by atoms with Crippen LogP contribution in [-0.4, -0.2) is 89.0 Å². The van der Waals surface area contributed by atoms with Gasteiger partial charge in [0.15, 0.2) is 12.4 Å². The molecule has 10 nitrogen and oxygen atoms in total. The molecule has 1 aliphatic rings. The molecule has 0 amide bonds. The normalized spacial score (nSPS) is 20.6. The van der Waals surface area contributed by atoms with Crippen molar-refractivity contribution in [1.29, 1.82) is 0 Å². The van der Waals surface area contributed by atoms with Gasteiger partial charge in [-0.15, -0.1) is 0 Å². The van der Waals surface area contributed by atoms with Crippen LogP contribution in [0.3, 0.4) is 0 Å². The summed E-state index contributed by atoms with van der Waals surface area (Å²) in [6.45, 7) is 3.39. The Kier molecular flexibility index (Phi) is 34.9. The third kappa shape index (κ3) is 28.6. The van der Waals surface area contributed by atoms with Gasteiger partial charge in [0, 0.05) is 12.8 Å². The van der Waals surface area contributed by atoms with Gasteiger partial charge in [-0.1, -0.05) is 173 Å². The molecule has 1 heterocycles. The lowest BCUT2D eigenvalue weighted by Crippen LogP contribution is -2.59. The number of rotatable bonds is 38. The van der Waals surface area contributed by atoms with Crippen molar-refractivity contribution >= 4 is 11.9 Å². The topological polar surface area (TPSA) is 152 Å². The summed E-state index contributed by atoms with van der Waals surface area (Å²) in [6, 6.07) is 0. The molecular formula is C46H84O10. The van der Waals surface area contributed by atoms with Crippen molar-refractivity contribution in [2.45, 2.75) is 237 Å². The van der Waals surface area contributed by atoms with Crippen LogP contribution in [0.5, 0.6) is 0 Å². The number of aliphatic hydroxyl groups is 4. The fraction of sp³-hybridized carbons (Fsp3) is 0.870. The van der Waals surface area contributed by atoms with Crippen LogP contribution >= 0.6 is 0 Å². The first-order valence-corrected chi connectivity index (χ1v) is 22.9. The van der Waals surface area contributed by atoms with Crippen molar-refractivity contribution in [2.75, 3.05) is 19.8 Å². The zero-order chi connectivity index (χ0) is 40.9. The number of hydrogen-bond acceptors (Lipinski definition) is 10. The van der Waals surface area contributed by atoms with Gasteiger partial charge in [0.2, 0.25) is 0 Å². The van der Waals surface area contributed by atoms with E-state index < -0.39 is 55.4 Å². The van der Waals surface area contributed by atoms with E-state index in [0.29, 0.717) is 12.8 Å². The van der Waals surface area contributed by atoms with E-state index in [-0.39, 0.29) is 26.1 Å². The molecule has 0 bridgehead atoms. The van der Waals surface area contributed by atoms with Gasteiger partial charge in [-0.25, -0.2) is 0 Å². The Morgan fingerprint density at radius 1 is 0.554 bits per heavy atom. The first-order chi connectivity index (χ1) is 27.3. The van der Waals surface area contributed by atoms with E-state index in [1.807, 2.05) is 0 Å². The third-order valence-corrected chi connectivity index (χ3v) is 10.6. The maximum atomic E-state index is 12.8. The Balaban J connectivity index is 2.34. The van der Waals surface area contributed by atoms with Gasteiger partial charge < -0.3 is 39.4 Å². The lowest BCUT2D eigenvalue weighted by atomic mass is 9.99. The Morgan fingerprint density at radius 3 is 1.54 bits per heavy atom. The molecule has 328 valence electrons. The Bertz CT molecular complexity index is 970. The van der Waals surface area contributed by atoms with Crippen molar-refractivity contribution in [3.63, 3.8) is 0 Å². The second kappa shape index (κ2) is 37.5. The van der Waals surface area contributed by atoms with Gasteiger partial charge in [-0.2, -0.15) is 0 Å². The fourth-order valence-electron chi connectivity index (χ4n) is 6.93. The van der Waals surface area contributed by atoms with Gasteiger partial charge in [0.05, 0.1) is 13.2 Å². The number of unbranched alkanes of at least 4 members (excludes halogenated alkanes) is 23. The molecule has 0 spiro atoms. The summed E-state index contributed by atoms with van der Waals surface area (Å²) in [7, 11) is 0. The largest absolute Gasteiger partial charge is 0.462 e. The minimum Gasteiger partial charge on any atom is -0.462 e. The number of allylic oxidation sites excluding steroid dienone is 4. The number of carbonyl (C=O) groups is 2. The van der Waals surface area contributed by atoms with E-state index >= 15 is 0 Å². The second-order valence-electron chi connectivity index (χ2n) is 15.9. The molecule has 4 N–H and O–H groups in total. The van der Waals surface area contributed by atoms with Crippen LogP contribution in [0, 0.1) is 0 Å². The van der Waals surface area contributed by atoms with Crippen molar-refractivity contribution in [1.82, 2.24) is 0 Å². The van der Waals surface area contributed by atoms with Crippen LogP contribution in [0.1, 0.15) is 200 Å². The van der Waals surface area contributed by atoms with Crippen LogP contribution in [0.4, 0.5) is 0 Å². The molecule has 1 rings (SSSR count). The minimum atomic E-state index is -1.60. The van der Waals surface area contributed by atoms with E-state index in [4.69, 9.17) is 18.9 Å². The predicted molar refractivity (Wildman–Crippen MR) is 224 cm³/mol. The molecular weight excluding hydrogens is 712 g/mol. The molecule has 0 saturated carbocycles. The highest BCUT2D eigenvalue weighted by molar-refractivity contribution is 5.70.